The number of para-hydroxylation sites is 1. The molecule has 0 radical (unpaired) electrons. The number of halogens is 1. The van der Waals surface area contributed by atoms with Crippen molar-refractivity contribution in [1.29, 1.82) is 0 Å². The van der Waals surface area contributed by atoms with Gasteiger partial charge in [-0.1, -0.05) is 30.3 Å². The van der Waals surface area contributed by atoms with Crippen molar-refractivity contribution in [2.24, 2.45) is 0 Å². The van der Waals surface area contributed by atoms with Crippen molar-refractivity contribution < 1.29 is 4.79 Å². The molecule has 0 fully saturated rings. The Bertz CT molecular complexity index is 717. The van der Waals surface area contributed by atoms with Crippen molar-refractivity contribution >= 4 is 39.8 Å². The first-order chi connectivity index (χ1) is 9.53. The van der Waals surface area contributed by atoms with E-state index in [1.807, 2.05) is 42.5 Å². The third-order valence-electron chi connectivity index (χ3n) is 3.76. The molecule has 1 heterocycles. The number of benzene rings is 2. The second-order valence-electron chi connectivity index (χ2n) is 5.33. The van der Waals surface area contributed by atoms with E-state index in [2.05, 4.69) is 48.8 Å². The predicted octanol–water partition coefficient (Wildman–Crippen LogP) is 4.25. The summed E-state index contributed by atoms with van der Waals surface area (Å²) in [6, 6.07) is 18.0. The van der Waals surface area contributed by atoms with Gasteiger partial charge in [0.1, 0.15) is 9.27 Å². The highest BCUT2D eigenvalue weighted by Crippen LogP contribution is 2.43. The molecule has 0 aliphatic carbocycles. The summed E-state index contributed by atoms with van der Waals surface area (Å²) in [6.07, 6.45) is 0. The fourth-order valence-electron chi connectivity index (χ4n) is 2.79. The summed E-state index contributed by atoms with van der Waals surface area (Å²) in [5, 5.41) is 0. The summed E-state index contributed by atoms with van der Waals surface area (Å²) in [4.78, 5) is 12.6. The molecule has 1 aliphatic heterocycles. The molecule has 0 aromatic heterocycles. The van der Waals surface area contributed by atoms with E-state index in [4.69, 9.17) is 0 Å². The number of quaternary nitrogens is 1. The number of nitrogens with zero attached hydrogens (tertiary/aromatic N) is 1. The molecule has 0 bridgehead atoms. The Morgan fingerprint density at radius 3 is 2.20 bits per heavy atom. The van der Waals surface area contributed by atoms with Crippen molar-refractivity contribution in [3.63, 3.8) is 0 Å². The predicted molar refractivity (Wildman–Crippen MR) is 91.8 cm³/mol. The summed E-state index contributed by atoms with van der Waals surface area (Å²) >= 11 is 2.18. The lowest BCUT2D eigenvalue weighted by molar-refractivity contribution is 0.104. The molecule has 0 unspecified atom stereocenters. The number of fused-ring (bicyclic) bond motifs is 1. The van der Waals surface area contributed by atoms with E-state index in [9.17, 15) is 4.79 Å². The quantitative estimate of drug-likeness (QED) is 0.537. The minimum Gasteiger partial charge on any atom is -0.288 e. The average Bonchev–Trinajstić information content (AvgIpc) is 2.46. The Morgan fingerprint density at radius 1 is 0.900 bits per heavy atom. The Hall–Kier alpha value is -1.46. The van der Waals surface area contributed by atoms with Crippen LogP contribution < -0.4 is 4.48 Å². The van der Waals surface area contributed by atoms with E-state index in [-0.39, 0.29) is 5.78 Å². The third-order valence-corrected chi connectivity index (χ3v) is 4.77. The van der Waals surface area contributed by atoms with Crippen LogP contribution in [0.25, 0.3) is 5.70 Å². The molecule has 2 aromatic carbocycles. The molecule has 0 atom stereocenters. The van der Waals surface area contributed by atoms with Crippen molar-refractivity contribution in [3.05, 3.63) is 69.3 Å². The highest BCUT2D eigenvalue weighted by atomic mass is 127. The van der Waals surface area contributed by atoms with Gasteiger partial charge in [-0.15, -0.1) is 0 Å². The summed E-state index contributed by atoms with van der Waals surface area (Å²) in [6.45, 7) is 0. The molecule has 100 valence electrons. The Balaban J connectivity index is 2.30. The molecule has 0 spiro atoms. The van der Waals surface area contributed by atoms with Crippen molar-refractivity contribution in [2.45, 2.75) is 0 Å². The lowest BCUT2D eigenvalue weighted by Crippen LogP contribution is -2.43. The molecule has 2 nitrogen and oxygen atoms in total. The van der Waals surface area contributed by atoms with Crippen LogP contribution >= 0.6 is 22.6 Å². The maximum atomic E-state index is 12.6. The van der Waals surface area contributed by atoms with Crippen molar-refractivity contribution in [2.75, 3.05) is 14.1 Å². The first kappa shape index (κ1) is 13.5. The number of allylic oxidation sites excluding steroid dienone is 1. The van der Waals surface area contributed by atoms with Crippen LogP contribution in [0.4, 0.5) is 5.69 Å². The van der Waals surface area contributed by atoms with Gasteiger partial charge < -0.3 is 0 Å². The maximum absolute atomic E-state index is 12.6. The second-order valence-corrected chi connectivity index (χ2v) is 6.41. The van der Waals surface area contributed by atoms with Crippen molar-refractivity contribution in [1.82, 2.24) is 4.48 Å². The number of ketones is 1. The van der Waals surface area contributed by atoms with Gasteiger partial charge in [0, 0.05) is 11.6 Å². The Labute approximate surface area is 132 Å². The van der Waals surface area contributed by atoms with Gasteiger partial charge in [-0.05, 0) is 40.8 Å². The standard InChI is InChI=1S/C17H15INO/c1-19(2)14-11-7-6-10-13(14)17(20)15(18)16(19)12-8-4-3-5-9-12/h3-11H,1-2H3/q+1. The lowest BCUT2D eigenvalue weighted by atomic mass is 9.96. The summed E-state index contributed by atoms with van der Waals surface area (Å²) in [5.41, 5.74) is 4.03. The zero-order valence-electron chi connectivity index (χ0n) is 11.4. The van der Waals surface area contributed by atoms with E-state index in [0.717, 1.165) is 26.1 Å². The van der Waals surface area contributed by atoms with Gasteiger partial charge in [0.2, 0.25) is 5.78 Å². The van der Waals surface area contributed by atoms with E-state index < -0.39 is 0 Å². The SMILES string of the molecule is C[N+]1(C)C(c2ccccc2)=C(I)C(=O)c2ccccc21. The van der Waals surface area contributed by atoms with E-state index in [1.54, 1.807) is 0 Å². The van der Waals surface area contributed by atoms with Crippen molar-refractivity contribution in [3.8, 4) is 0 Å². The second kappa shape index (κ2) is 4.82. The lowest BCUT2D eigenvalue weighted by Gasteiger charge is -2.36. The fourth-order valence-corrected chi connectivity index (χ4v) is 4.00. The summed E-state index contributed by atoms with van der Waals surface area (Å²) in [7, 11) is 4.26. The smallest absolute Gasteiger partial charge is 0.211 e. The normalized spacial score (nSPS) is 17.1. The minimum absolute atomic E-state index is 0.123. The van der Waals surface area contributed by atoms with Crippen LogP contribution in [0.3, 0.4) is 0 Å². The average molecular weight is 376 g/mol. The van der Waals surface area contributed by atoms with E-state index in [0.29, 0.717) is 4.48 Å². The molecular weight excluding hydrogens is 361 g/mol. The molecule has 1 aliphatic rings. The van der Waals surface area contributed by atoms with Gasteiger partial charge in [0.05, 0.1) is 19.7 Å². The largest absolute Gasteiger partial charge is 0.288 e. The fraction of sp³-hybridized carbons (Fsp3) is 0.118. The molecule has 20 heavy (non-hydrogen) atoms. The van der Waals surface area contributed by atoms with Gasteiger partial charge in [-0.2, -0.15) is 0 Å². The third kappa shape index (κ3) is 1.93. The highest BCUT2D eigenvalue weighted by Gasteiger charge is 2.40. The first-order valence-corrected chi connectivity index (χ1v) is 7.55. The van der Waals surface area contributed by atoms with Gasteiger partial charge in [0.15, 0.2) is 5.70 Å². The van der Waals surface area contributed by atoms with Crippen LogP contribution in [0.2, 0.25) is 0 Å². The van der Waals surface area contributed by atoms with Gasteiger partial charge in [-0.25, -0.2) is 0 Å². The van der Waals surface area contributed by atoms with E-state index >= 15 is 0 Å². The monoisotopic (exact) mass is 376 g/mol. The molecule has 0 saturated heterocycles. The zero-order valence-corrected chi connectivity index (χ0v) is 13.6. The first-order valence-electron chi connectivity index (χ1n) is 6.47. The number of rotatable bonds is 1. The highest BCUT2D eigenvalue weighted by molar-refractivity contribution is 14.1. The van der Waals surface area contributed by atoms with E-state index in [1.165, 1.54) is 0 Å². The van der Waals surface area contributed by atoms with Crippen LogP contribution in [0.1, 0.15) is 15.9 Å². The van der Waals surface area contributed by atoms with Gasteiger partial charge >= 0.3 is 0 Å². The van der Waals surface area contributed by atoms with Crippen LogP contribution in [-0.2, 0) is 0 Å². The number of hydrogen-bond acceptors (Lipinski definition) is 1. The Morgan fingerprint density at radius 2 is 1.50 bits per heavy atom. The molecular formula is C17H15INO+. The molecule has 2 aromatic rings. The number of carbonyl (C=O) groups is 1. The number of carbonyl (C=O) groups excluding carboxylic acids is 1. The van der Waals surface area contributed by atoms with Crippen LogP contribution in [0.15, 0.2) is 58.2 Å². The zero-order chi connectivity index (χ0) is 14.3. The van der Waals surface area contributed by atoms with Gasteiger partial charge in [0.25, 0.3) is 0 Å². The van der Waals surface area contributed by atoms with Crippen LogP contribution in [0.5, 0.6) is 0 Å². The van der Waals surface area contributed by atoms with Crippen LogP contribution in [-0.4, -0.2) is 19.9 Å². The maximum Gasteiger partial charge on any atom is 0.211 e. The molecule has 3 heteroatoms. The molecule has 0 N–H and O–H groups in total. The topological polar surface area (TPSA) is 17.1 Å². The summed E-state index contributed by atoms with van der Waals surface area (Å²) in [5.74, 6) is 0.123. The Kier molecular flexibility index (Phi) is 3.26. The minimum atomic E-state index is 0.123. The van der Waals surface area contributed by atoms with Gasteiger partial charge in [-0.3, -0.25) is 9.28 Å². The molecule has 0 amide bonds. The number of Topliss-reactive ketones (excluding diaryl/α,β-unsaturated/α-hetero) is 1. The number of hydrogen-bond donors (Lipinski definition) is 0. The van der Waals surface area contributed by atoms with Crippen LogP contribution in [0, 0.1) is 0 Å². The summed E-state index contributed by atoms with van der Waals surface area (Å²) < 4.78 is 1.39. The molecule has 3 rings (SSSR count). The molecule has 0 saturated carbocycles.